The van der Waals surface area contributed by atoms with Gasteiger partial charge in [0.2, 0.25) is 5.91 Å². The molecule has 2 unspecified atom stereocenters. The van der Waals surface area contributed by atoms with Gasteiger partial charge in [-0.05, 0) is 55.8 Å². The molecule has 1 amide bonds. The number of nitrogens with zero attached hydrogens (tertiary/aromatic N) is 3. The molecule has 2 aromatic carbocycles. The van der Waals surface area contributed by atoms with Crippen LogP contribution in [0.3, 0.4) is 0 Å². The highest BCUT2D eigenvalue weighted by molar-refractivity contribution is 6.30. The van der Waals surface area contributed by atoms with Crippen molar-refractivity contribution in [2.75, 3.05) is 42.5 Å². The number of carbonyl (C=O) groups is 1. The SMILES string of the molecule is CC1CN(c2ccc([C@@H]3CN(C(=O)C(C)(C)C)CCN3c3ccc(Cl)cc3)cc2)CC(C)N1. The second kappa shape index (κ2) is 9.55. The summed E-state index contributed by atoms with van der Waals surface area (Å²) in [5, 5.41) is 4.34. The number of benzene rings is 2. The Bertz CT molecular complexity index is 944. The Kier molecular flexibility index (Phi) is 6.92. The van der Waals surface area contributed by atoms with E-state index in [1.165, 1.54) is 11.3 Å². The van der Waals surface area contributed by atoms with Crippen molar-refractivity contribution in [2.45, 2.75) is 52.7 Å². The Morgan fingerprint density at radius 2 is 1.45 bits per heavy atom. The summed E-state index contributed by atoms with van der Waals surface area (Å²) < 4.78 is 0. The Labute approximate surface area is 203 Å². The summed E-state index contributed by atoms with van der Waals surface area (Å²) in [7, 11) is 0. The minimum atomic E-state index is -0.382. The standard InChI is InChI=1S/C27H37ClN4O/c1-19-16-31(17-20(2)29-19)23-10-6-21(7-11-23)25-18-30(26(33)27(3,4)5)14-15-32(25)24-12-8-22(28)9-13-24/h6-13,19-20,25,29H,14-18H2,1-5H3/t19?,20?,25-/m0/s1. The van der Waals surface area contributed by atoms with Gasteiger partial charge in [0.15, 0.2) is 0 Å². The zero-order valence-corrected chi connectivity index (χ0v) is 21.3. The zero-order chi connectivity index (χ0) is 23.8. The number of amides is 1. The molecular weight excluding hydrogens is 432 g/mol. The van der Waals surface area contributed by atoms with Crippen LogP contribution >= 0.6 is 11.6 Å². The van der Waals surface area contributed by atoms with Crippen LogP contribution in [-0.4, -0.2) is 55.6 Å². The molecule has 4 rings (SSSR count). The smallest absolute Gasteiger partial charge is 0.228 e. The minimum Gasteiger partial charge on any atom is -0.368 e. The van der Waals surface area contributed by atoms with Crippen molar-refractivity contribution in [2.24, 2.45) is 5.41 Å². The molecule has 2 saturated heterocycles. The third-order valence-electron chi connectivity index (χ3n) is 6.67. The van der Waals surface area contributed by atoms with Crippen molar-refractivity contribution < 1.29 is 4.79 Å². The molecule has 3 atom stereocenters. The van der Waals surface area contributed by atoms with Gasteiger partial charge in [-0.2, -0.15) is 0 Å². The zero-order valence-electron chi connectivity index (χ0n) is 20.5. The summed E-state index contributed by atoms with van der Waals surface area (Å²) in [5.41, 5.74) is 3.25. The number of hydrogen-bond donors (Lipinski definition) is 1. The van der Waals surface area contributed by atoms with Gasteiger partial charge in [-0.1, -0.05) is 44.5 Å². The van der Waals surface area contributed by atoms with Crippen LogP contribution in [0.1, 0.15) is 46.2 Å². The third kappa shape index (κ3) is 5.47. The van der Waals surface area contributed by atoms with Gasteiger partial charge in [-0.15, -0.1) is 0 Å². The summed E-state index contributed by atoms with van der Waals surface area (Å²) in [6.07, 6.45) is 0. The van der Waals surface area contributed by atoms with Crippen LogP contribution in [0.25, 0.3) is 0 Å². The van der Waals surface area contributed by atoms with Crippen molar-refractivity contribution in [1.82, 2.24) is 10.2 Å². The van der Waals surface area contributed by atoms with E-state index >= 15 is 0 Å². The lowest BCUT2D eigenvalue weighted by atomic mass is 9.92. The highest BCUT2D eigenvalue weighted by Crippen LogP contribution is 2.34. The van der Waals surface area contributed by atoms with Crippen LogP contribution in [0.5, 0.6) is 0 Å². The molecule has 178 valence electrons. The fraction of sp³-hybridized carbons (Fsp3) is 0.519. The molecule has 2 heterocycles. The van der Waals surface area contributed by atoms with E-state index in [-0.39, 0.29) is 17.4 Å². The maximum atomic E-state index is 13.1. The number of halogens is 1. The fourth-order valence-corrected chi connectivity index (χ4v) is 5.24. The Morgan fingerprint density at radius 3 is 2.03 bits per heavy atom. The molecule has 6 heteroatoms. The van der Waals surface area contributed by atoms with Gasteiger partial charge in [0, 0.05) is 66.6 Å². The summed E-state index contributed by atoms with van der Waals surface area (Å²) >= 11 is 6.15. The lowest BCUT2D eigenvalue weighted by molar-refractivity contribution is -0.140. The molecule has 0 radical (unpaired) electrons. The van der Waals surface area contributed by atoms with E-state index in [1.807, 2.05) is 37.8 Å². The Hall–Kier alpha value is -2.24. The summed E-state index contributed by atoms with van der Waals surface area (Å²) in [6.45, 7) is 14.7. The van der Waals surface area contributed by atoms with E-state index in [1.54, 1.807) is 0 Å². The second-order valence-corrected chi connectivity index (χ2v) is 11.1. The molecule has 2 aliphatic rings. The fourth-order valence-electron chi connectivity index (χ4n) is 5.11. The van der Waals surface area contributed by atoms with Crippen molar-refractivity contribution in [3.8, 4) is 0 Å². The lowest BCUT2D eigenvalue weighted by Crippen LogP contribution is -2.54. The first-order chi connectivity index (χ1) is 15.6. The summed E-state index contributed by atoms with van der Waals surface area (Å²) in [4.78, 5) is 20.0. The first kappa shape index (κ1) is 23.9. The number of hydrogen-bond acceptors (Lipinski definition) is 4. The number of nitrogens with one attached hydrogen (secondary N) is 1. The first-order valence-corrected chi connectivity index (χ1v) is 12.4. The molecule has 0 aliphatic carbocycles. The Balaban J connectivity index is 1.60. The van der Waals surface area contributed by atoms with E-state index in [0.717, 1.165) is 36.9 Å². The van der Waals surface area contributed by atoms with Gasteiger partial charge >= 0.3 is 0 Å². The van der Waals surface area contributed by atoms with Crippen LogP contribution in [0, 0.1) is 5.41 Å². The predicted octanol–water partition coefficient (Wildman–Crippen LogP) is 4.96. The minimum absolute atomic E-state index is 0.0983. The number of carbonyl (C=O) groups excluding carboxylic acids is 1. The van der Waals surface area contributed by atoms with Gasteiger partial charge in [-0.3, -0.25) is 4.79 Å². The largest absolute Gasteiger partial charge is 0.368 e. The predicted molar refractivity (Wildman–Crippen MR) is 138 cm³/mol. The molecule has 2 fully saturated rings. The topological polar surface area (TPSA) is 38.8 Å². The van der Waals surface area contributed by atoms with Crippen LogP contribution in [0.15, 0.2) is 48.5 Å². The van der Waals surface area contributed by atoms with Gasteiger partial charge in [0.05, 0.1) is 6.04 Å². The molecule has 2 aromatic rings. The molecule has 0 spiro atoms. The first-order valence-electron chi connectivity index (χ1n) is 12.0. The van der Waals surface area contributed by atoms with E-state index in [2.05, 4.69) is 65.4 Å². The molecule has 33 heavy (non-hydrogen) atoms. The monoisotopic (exact) mass is 468 g/mol. The molecule has 0 aromatic heterocycles. The van der Waals surface area contributed by atoms with Crippen LogP contribution < -0.4 is 15.1 Å². The van der Waals surface area contributed by atoms with Crippen molar-refractivity contribution >= 4 is 28.9 Å². The van der Waals surface area contributed by atoms with E-state index < -0.39 is 0 Å². The van der Waals surface area contributed by atoms with Crippen molar-refractivity contribution in [1.29, 1.82) is 0 Å². The quantitative estimate of drug-likeness (QED) is 0.690. The average Bonchev–Trinajstić information content (AvgIpc) is 2.78. The maximum Gasteiger partial charge on any atom is 0.228 e. The van der Waals surface area contributed by atoms with Gasteiger partial charge in [-0.25, -0.2) is 0 Å². The number of anilines is 2. The average molecular weight is 469 g/mol. The molecule has 0 bridgehead atoms. The van der Waals surface area contributed by atoms with Gasteiger partial charge in [0.25, 0.3) is 0 Å². The van der Waals surface area contributed by atoms with E-state index in [0.29, 0.717) is 18.6 Å². The molecule has 2 aliphatic heterocycles. The molecule has 5 nitrogen and oxygen atoms in total. The third-order valence-corrected chi connectivity index (χ3v) is 6.92. The molecule has 1 N–H and O–H groups in total. The number of rotatable bonds is 3. The molecule has 0 saturated carbocycles. The van der Waals surface area contributed by atoms with Gasteiger partial charge < -0.3 is 20.0 Å². The Morgan fingerprint density at radius 1 is 0.879 bits per heavy atom. The van der Waals surface area contributed by atoms with Crippen LogP contribution in [-0.2, 0) is 4.79 Å². The van der Waals surface area contributed by atoms with E-state index in [9.17, 15) is 4.79 Å². The van der Waals surface area contributed by atoms with Crippen LogP contribution in [0.4, 0.5) is 11.4 Å². The highest BCUT2D eigenvalue weighted by atomic mass is 35.5. The highest BCUT2D eigenvalue weighted by Gasteiger charge is 2.35. The maximum absolute atomic E-state index is 13.1. The van der Waals surface area contributed by atoms with Crippen molar-refractivity contribution in [3.63, 3.8) is 0 Å². The summed E-state index contributed by atoms with van der Waals surface area (Å²) in [6, 6.07) is 18.1. The van der Waals surface area contributed by atoms with Gasteiger partial charge in [0.1, 0.15) is 0 Å². The lowest BCUT2D eigenvalue weighted by Gasteiger charge is -2.44. The van der Waals surface area contributed by atoms with Crippen LogP contribution in [0.2, 0.25) is 5.02 Å². The molecular formula is C27H37ClN4O. The normalized spacial score (nSPS) is 24.2. The van der Waals surface area contributed by atoms with E-state index in [4.69, 9.17) is 11.6 Å². The summed E-state index contributed by atoms with van der Waals surface area (Å²) in [5.74, 6) is 0.212. The van der Waals surface area contributed by atoms with Crippen molar-refractivity contribution in [3.05, 3.63) is 59.1 Å². The number of piperazine rings is 2. The second-order valence-electron chi connectivity index (χ2n) is 10.7.